The Bertz CT molecular complexity index is 644. The summed E-state index contributed by atoms with van der Waals surface area (Å²) >= 11 is 1.60. The van der Waals surface area contributed by atoms with E-state index in [0.29, 0.717) is 0 Å². The Kier molecular flexibility index (Phi) is 4.52. The number of nitrogens with zero attached hydrogens (tertiary/aromatic N) is 2. The smallest absolute Gasteiger partial charge is 0.230 e. The van der Waals surface area contributed by atoms with Gasteiger partial charge in [-0.3, -0.25) is 4.79 Å². The summed E-state index contributed by atoms with van der Waals surface area (Å²) in [6.45, 7) is 2.60. The molecular weight excluding hydrogens is 299 g/mol. The summed E-state index contributed by atoms with van der Waals surface area (Å²) in [6.07, 6.45) is 4.87. The van der Waals surface area contributed by atoms with E-state index in [1.54, 1.807) is 23.6 Å². The van der Waals surface area contributed by atoms with Gasteiger partial charge in [0.2, 0.25) is 5.91 Å². The molecule has 3 nitrogen and oxygen atoms in total. The first-order valence-corrected chi connectivity index (χ1v) is 8.50. The molecule has 0 spiro atoms. The van der Waals surface area contributed by atoms with E-state index >= 15 is 0 Å². The van der Waals surface area contributed by atoms with Crippen molar-refractivity contribution in [2.45, 2.75) is 38.1 Å². The normalized spacial score (nSPS) is 19.9. The number of benzene rings is 1. The van der Waals surface area contributed by atoms with Crippen LogP contribution in [0.15, 0.2) is 35.8 Å². The molecule has 2 heterocycles. The van der Waals surface area contributed by atoms with Gasteiger partial charge in [-0.2, -0.15) is 0 Å². The molecule has 1 amide bonds. The number of carbonyl (C=O) groups excluding carboxylic acids is 1. The van der Waals surface area contributed by atoms with Crippen molar-refractivity contribution in [2.24, 2.45) is 0 Å². The largest absolute Gasteiger partial charge is 0.333 e. The van der Waals surface area contributed by atoms with Crippen LogP contribution < -0.4 is 0 Å². The lowest BCUT2D eigenvalue weighted by Crippen LogP contribution is -2.40. The molecule has 1 saturated heterocycles. The Morgan fingerprint density at radius 3 is 3.05 bits per heavy atom. The zero-order chi connectivity index (χ0) is 15.5. The summed E-state index contributed by atoms with van der Waals surface area (Å²) in [5.74, 6) is -0.575. The van der Waals surface area contributed by atoms with E-state index in [4.69, 9.17) is 0 Å². The fourth-order valence-electron chi connectivity index (χ4n) is 3.02. The Balaban J connectivity index is 1.82. The topological polar surface area (TPSA) is 33.2 Å². The zero-order valence-corrected chi connectivity index (χ0v) is 13.4. The molecule has 1 aliphatic rings. The molecule has 22 heavy (non-hydrogen) atoms. The molecule has 0 aliphatic carbocycles. The van der Waals surface area contributed by atoms with Crippen LogP contribution in [0.25, 0.3) is 0 Å². The summed E-state index contributed by atoms with van der Waals surface area (Å²) in [4.78, 5) is 19.2. The van der Waals surface area contributed by atoms with Gasteiger partial charge in [-0.05, 0) is 43.9 Å². The highest BCUT2D eigenvalue weighted by molar-refractivity contribution is 7.09. The average molecular weight is 318 g/mol. The van der Waals surface area contributed by atoms with Crippen molar-refractivity contribution in [3.8, 4) is 0 Å². The Morgan fingerprint density at radius 1 is 1.45 bits per heavy atom. The third-order valence-corrected chi connectivity index (χ3v) is 5.12. The highest BCUT2D eigenvalue weighted by Crippen LogP contribution is 2.34. The van der Waals surface area contributed by atoms with Crippen LogP contribution >= 0.6 is 11.3 Å². The van der Waals surface area contributed by atoms with E-state index in [-0.39, 0.29) is 23.7 Å². The Morgan fingerprint density at radius 2 is 2.32 bits per heavy atom. The van der Waals surface area contributed by atoms with Crippen LogP contribution in [0.5, 0.6) is 0 Å². The molecule has 0 bridgehead atoms. The SMILES string of the molecule is C[C@@H](C(=O)N1CCCC[C@H]1c1nccs1)c1cccc(F)c1. The van der Waals surface area contributed by atoms with Crippen molar-refractivity contribution in [1.82, 2.24) is 9.88 Å². The molecule has 5 heteroatoms. The number of likely N-dealkylation sites (tertiary alicyclic amines) is 1. The molecule has 3 rings (SSSR count). The van der Waals surface area contributed by atoms with Crippen molar-refractivity contribution in [1.29, 1.82) is 0 Å². The van der Waals surface area contributed by atoms with Gasteiger partial charge in [-0.1, -0.05) is 12.1 Å². The minimum Gasteiger partial charge on any atom is -0.333 e. The van der Waals surface area contributed by atoms with Crippen LogP contribution in [-0.2, 0) is 4.79 Å². The number of carbonyl (C=O) groups is 1. The summed E-state index contributed by atoms with van der Waals surface area (Å²) < 4.78 is 13.4. The Labute approximate surface area is 133 Å². The predicted molar refractivity (Wildman–Crippen MR) is 85.2 cm³/mol. The zero-order valence-electron chi connectivity index (χ0n) is 12.5. The molecule has 2 atom stereocenters. The summed E-state index contributed by atoms with van der Waals surface area (Å²) in [5.41, 5.74) is 0.730. The van der Waals surface area contributed by atoms with E-state index in [2.05, 4.69) is 4.98 Å². The molecule has 116 valence electrons. The first-order chi connectivity index (χ1) is 10.7. The summed E-state index contributed by atoms with van der Waals surface area (Å²) in [5, 5.41) is 2.95. The Hall–Kier alpha value is -1.75. The van der Waals surface area contributed by atoms with Crippen LogP contribution in [-0.4, -0.2) is 22.3 Å². The first-order valence-electron chi connectivity index (χ1n) is 7.62. The van der Waals surface area contributed by atoms with Gasteiger partial charge < -0.3 is 4.90 Å². The molecule has 0 N–H and O–H groups in total. The molecule has 1 aromatic carbocycles. The average Bonchev–Trinajstić information content (AvgIpc) is 3.08. The monoisotopic (exact) mass is 318 g/mol. The molecule has 1 fully saturated rings. The lowest BCUT2D eigenvalue weighted by atomic mass is 9.95. The molecule has 2 aromatic rings. The van der Waals surface area contributed by atoms with Gasteiger partial charge >= 0.3 is 0 Å². The van der Waals surface area contributed by atoms with Crippen molar-refractivity contribution in [2.75, 3.05) is 6.54 Å². The second kappa shape index (κ2) is 6.57. The maximum atomic E-state index is 13.4. The van der Waals surface area contributed by atoms with Crippen molar-refractivity contribution < 1.29 is 9.18 Å². The third-order valence-electron chi connectivity index (χ3n) is 4.24. The van der Waals surface area contributed by atoms with E-state index < -0.39 is 0 Å². The lowest BCUT2D eigenvalue weighted by molar-refractivity contribution is -0.136. The van der Waals surface area contributed by atoms with E-state index in [1.165, 1.54) is 12.1 Å². The minimum absolute atomic E-state index is 0.0606. The van der Waals surface area contributed by atoms with E-state index in [0.717, 1.165) is 36.4 Å². The predicted octanol–water partition coefficient (Wildman–Crippen LogP) is 4.14. The van der Waals surface area contributed by atoms with Crippen molar-refractivity contribution in [3.63, 3.8) is 0 Å². The fourth-order valence-corrected chi connectivity index (χ4v) is 3.80. The number of hydrogen-bond donors (Lipinski definition) is 0. The molecule has 1 aliphatic heterocycles. The number of aromatic nitrogens is 1. The first kappa shape index (κ1) is 15.2. The van der Waals surface area contributed by atoms with E-state index in [9.17, 15) is 9.18 Å². The quantitative estimate of drug-likeness (QED) is 0.852. The highest BCUT2D eigenvalue weighted by atomic mass is 32.1. The second-order valence-corrected chi connectivity index (χ2v) is 6.62. The minimum atomic E-state index is -0.337. The molecule has 0 radical (unpaired) electrons. The van der Waals surface area contributed by atoms with Gasteiger partial charge in [0.1, 0.15) is 10.8 Å². The number of hydrogen-bond acceptors (Lipinski definition) is 3. The third kappa shape index (κ3) is 3.04. The number of amides is 1. The number of rotatable bonds is 3. The van der Waals surface area contributed by atoms with E-state index in [1.807, 2.05) is 23.3 Å². The van der Waals surface area contributed by atoms with Crippen molar-refractivity contribution in [3.05, 3.63) is 52.2 Å². The standard InChI is InChI=1S/C17H19FN2OS/c1-12(13-5-4-6-14(18)11-13)17(21)20-9-3-2-7-15(20)16-19-8-10-22-16/h4-6,8,10-12,15H,2-3,7,9H2,1H3/t12-,15+/m1/s1. The maximum Gasteiger partial charge on any atom is 0.230 e. The van der Waals surface area contributed by atoms with Gasteiger partial charge in [-0.25, -0.2) is 9.37 Å². The van der Waals surface area contributed by atoms with Crippen LogP contribution in [0.4, 0.5) is 4.39 Å². The number of halogens is 1. The molecular formula is C17H19FN2OS. The van der Waals surface area contributed by atoms with Crippen LogP contribution in [0, 0.1) is 5.82 Å². The molecule has 0 unspecified atom stereocenters. The van der Waals surface area contributed by atoms with Gasteiger partial charge in [-0.15, -0.1) is 11.3 Å². The van der Waals surface area contributed by atoms with Crippen LogP contribution in [0.3, 0.4) is 0 Å². The van der Waals surface area contributed by atoms with Crippen LogP contribution in [0.1, 0.15) is 48.7 Å². The number of thiazole rings is 1. The van der Waals surface area contributed by atoms with Gasteiger partial charge in [0, 0.05) is 18.1 Å². The summed E-state index contributed by atoms with van der Waals surface area (Å²) in [7, 11) is 0. The summed E-state index contributed by atoms with van der Waals surface area (Å²) in [6, 6.07) is 6.39. The maximum absolute atomic E-state index is 13.4. The van der Waals surface area contributed by atoms with Gasteiger partial charge in [0.05, 0.1) is 12.0 Å². The van der Waals surface area contributed by atoms with Crippen LogP contribution in [0.2, 0.25) is 0 Å². The van der Waals surface area contributed by atoms with Crippen molar-refractivity contribution >= 4 is 17.2 Å². The lowest BCUT2D eigenvalue weighted by Gasteiger charge is -2.36. The molecule has 1 aromatic heterocycles. The van der Waals surface area contributed by atoms with Gasteiger partial charge in [0.15, 0.2) is 0 Å². The molecule has 0 saturated carbocycles. The van der Waals surface area contributed by atoms with Gasteiger partial charge in [0.25, 0.3) is 0 Å². The second-order valence-electron chi connectivity index (χ2n) is 5.69. The number of piperidine rings is 1. The highest BCUT2D eigenvalue weighted by Gasteiger charge is 2.32. The fraction of sp³-hybridized carbons (Fsp3) is 0.412.